The van der Waals surface area contributed by atoms with Crippen molar-refractivity contribution in [2.45, 2.75) is 13.1 Å². The van der Waals surface area contributed by atoms with Gasteiger partial charge in [0.1, 0.15) is 12.4 Å². The average Bonchev–Trinajstić information content (AvgIpc) is 2.74. The summed E-state index contributed by atoms with van der Waals surface area (Å²) >= 11 is 0. The van der Waals surface area contributed by atoms with E-state index in [2.05, 4.69) is 10.4 Å². The number of fused-ring (bicyclic) bond motifs is 3. The highest BCUT2D eigenvalue weighted by molar-refractivity contribution is 5.82. The van der Waals surface area contributed by atoms with E-state index >= 15 is 0 Å². The van der Waals surface area contributed by atoms with Gasteiger partial charge in [-0.25, -0.2) is 4.68 Å². The monoisotopic (exact) mass is 230 g/mol. The Hall–Kier alpha value is -2.37. The van der Waals surface area contributed by atoms with Gasteiger partial charge in [-0.15, -0.1) is 0 Å². The molecule has 1 aromatic heterocycles. The summed E-state index contributed by atoms with van der Waals surface area (Å²) in [6.45, 7) is 1.91. The molecule has 6 heteroatoms. The van der Waals surface area contributed by atoms with Gasteiger partial charge < -0.3 is 5.32 Å². The summed E-state index contributed by atoms with van der Waals surface area (Å²) in [7, 11) is 0. The van der Waals surface area contributed by atoms with Crippen molar-refractivity contribution in [3.8, 4) is 11.3 Å². The highest BCUT2D eigenvalue weighted by atomic mass is 16.6. The van der Waals surface area contributed by atoms with Crippen molar-refractivity contribution < 1.29 is 4.92 Å². The van der Waals surface area contributed by atoms with Gasteiger partial charge in [-0.2, -0.15) is 5.10 Å². The van der Waals surface area contributed by atoms with Crippen molar-refractivity contribution in [1.82, 2.24) is 9.78 Å². The molecule has 86 valence electrons. The molecular formula is C11H10N4O2. The number of anilines is 1. The van der Waals surface area contributed by atoms with E-state index in [0.29, 0.717) is 5.69 Å². The molecule has 1 aromatic carbocycles. The summed E-state index contributed by atoms with van der Waals surface area (Å²) < 4.78 is 1.64. The van der Waals surface area contributed by atoms with E-state index in [1.54, 1.807) is 4.68 Å². The highest BCUT2D eigenvalue weighted by Crippen LogP contribution is 2.40. The van der Waals surface area contributed by atoms with E-state index in [1.165, 1.54) is 6.20 Å². The van der Waals surface area contributed by atoms with Gasteiger partial charge in [0.2, 0.25) is 0 Å². The molecule has 17 heavy (non-hydrogen) atoms. The summed E-state index contributed by atoms with van der Waals surface area (Å²) in [6.07, 6.45) is 1.21. The predicted molar refractivity (Wildman–Crippen MR) is 62.7 cm³/mol. The zero-order chi connectivity index (χ0) is 12.0. The molecule has 1 N–H and O–H groups in total. The highest BCUT2D eigenvalue weighted by Gasteiger charge is 2.29. The third kappa shape index (κ3) is 1.30. The van der Waals surface area contributed by atoms with Crippen LogP contribution in [0, 0.1) is 10.1 Å². The van der Waals surface area contributed by atoms with Crippen LogP contribution in [0.25, 0.3) is 11.3 Å². The number of aromatic nitrogens is 2. The van der Waals surface area contributed by atoms with Crippen LogP contribution in [0.5, 0.6) is 0 Å². The lowest BCUT2D eigenvalue weighted by Gasteiger charge is -2.25. The van der Waals surface area contributed by atoms with Gasteiger partial charge in [0.25, 0.3) is 0 Å². The van der Waals surface area contributed by atoms with E-state index in [9.17, 15) is 10.1 Å². The first-order valence-corrected chi connectivity index (χ1v) is 5.26. The van der Waals surface area contributed by atoms with Gasteiger partial charge >= 0.3 is 5.69 Å². The van der Waals surface area contributed by atoms with Gasteiger partial charge in [-0.3, -0.25) is 10.1 Å². The van der Waals surface area contributed by atoms with Crippen LogP contribution < -0.4 is 5.32 Å². The van der Waals surface area contributed by atoms with Crippen LogP contribution in [0.2, 0.25) is 0 Å². The Balaban J connectivity index is 2.31. The third-order valence-corrected chi connectivity index (χ3v) is 2.89. The van der Waals surface area contributed by atoms with Crippen molar-refractivity contribution in [3.63, 3.8) is 0 Å². The molecule has 3 rings (SSSR count). The average molecular weight is 230 g/mol. The maximum absolute atomic E-state index is 11.0. The van der Waals surface area contributed by atoms with Crippen LogP contribution in [0.3, 0.4) is 0 Å². The van der Waals surface area contributed by atoms with E-state index in [4.69, 9.17) is 0 Å². The van der Waals surface area contributed by atoms with Crippen LogP contribution in [0.4, 0.5) is 11.4 Å². The quantitative estimate of drug-likeness (QED) is 0.603. The molecule has 0 amide bonds. The number of hydrogen-bond donors (Lipinski definition) is 1. The van der Waals surface area contributed by atoms with Gasteiger partial charge in [-0.05, 0) is 13.0 Å². The molecule has 0 saturated carbocycles. The SMILES string of the molecule is CC1Nc2ccccc2-c2c([N+](=O)[O-])cnn21. The van der Waals surface area contributed by atoms with Gasteiger partial charge in [-0.1, -0.05) is 18.2 Å². The minimum atomic E-state index is -0.395. The molecule has 2 heterocycles. The maximum atomic E-state index is 11.0. The first kappa shape index (κ1) is 9.83. The molecule has 0 spiro atoms. The minimum Gasteiger partial charge on any atom is -0.363 e. The van der Waals surface area contributed by atoms with Crippen LogP contribution in [0.15, 0.2) is 30.5 Å². The second kappa shape index (κ2) is 3.31. The molecule has 1 unspecified atom stereocenters. The largest absolute Gasteiger partial charge is 0.363 e. The van der Waals surface area contributed by atoms with Crippen LogP contribution in [-0.4, -0.2) is 14.7 Å². The van der Waals surface area contributed by atoms with E-state index in [0.717, 1.165) is 11.3 Å². The van der Waals surface area contributed by atoms with Gasteiger partial charge in [0.05, 0.1) is 4.92 Å². The van der Waals surface area contributed by atoms with Crippen LogP contribution >= 0.6 is 0 Å². The number of hydrogen-bond acceptors (Lipinski definition) is 4. The first-order chi connectivity index (χ1) is 8.18. The Morgan fingerprint density at radius 2 is 2.24 bits per heavy atom. The molecule has 0 radical (unpaired) electrons. The van der Waals surface area contributed by atoms with Crippen molar-refractivity contribution >= 4 is 11.4 Å². The number of nitro groups is 1. The summed E-state index contributed by atoms with van der Waals surface area (Å²) in [5.41, 5.74) is 2.33. The summed E-state index contributed by atoms with van der Waals surface area (Å²) in [4.78, 5) is 10.6. The third-order valence-electron chi connectivity index (χ3n) is 2.89. The summed E-state index contributed by atoms with van der Waals surface area (Å²) in [5, 5.41) is 18.3. The smallest absolute Gasteiger partial charge is 0.315 e. The molecule has 0 aliphatic carbocycles. The second-order valence-corrected chi connectivity index (χ2v) is 3.95. The van der Waals surface area contributed by atoms with Gasteiger partial charge in [0.15, 0.2) is 5.69 Å². The number of benzene rings is 1. The molecule has 1 aliphatic heterocycles. The number of nitrogens with zero attached hydrogens (tertiary/aromatic N) is 3. The predicted octanol–water partition coefficient (Wildman–Crippen LogP) is 2.40. The Bertz CT molecular complexity index is 605. The van der Waals surface area contributed by atoms with E-state index in [-0.39, 0.29) is 11.9 Å². The van der Waals surface area contributed by atoms with E-state index < -0.39 is 4.92 Å². The fourth-order valence-electron chi connectivity index (χ4n) is 2.14. The Morgan fingerprint density at radius 3 is 3.00 bits per heavy atom. The Labute approximate surface area is 97.0 Å². The topological polar surface area (TPSA) is 73.0 Å². The zero-order valence-corrected chi connectivity index (χ0v) is 9.12. The fourth-order valence-corrected chi connectivity index (χ4v) is 2.14. The van der Waals surface area contributed by atoms with E-state index in [1.807, 2.05) is 31.2 Å². The van der Waals surface area contributed by atoms with Crippen molar-refractivity contribution in [2.24, 2.45) is 0 Å². The summed E-state index contributed by atoms with van der Waals surface area (Å²) in [5.74, 6) is 0. The molecule has 0 fully saturated rings. The molecule has 1 aliphatic rings. The lowest BCUT2D eigenvalue weighted by Crippen LogP contribution is -2.21. The standard InChI is InChI=1S/C11H10N4O2/c1-7-13-9-5-3-2-4-8(9)11-10(15(16)17)6-12-14(7)11/h2-7,13H,1H3. The number of para-hydroxylation sites is 1. The van der Waals surface area contributed by atoms with Crippen LogP contribution in [0.1, 0.15) is 13.1 Å². The Kier molecular flexibility index (Phi) is 1.91. The maximum Gasteiger partial charge on any atom is 0.315 e. The number of rotatable bonds is 1. The normalized spacial score (nSPS) is 16.9. The second-order valence-electron chi connectivity index (χ2n) is 3.95. The molecule has 1 atom stereocenters. The summed E-state index contributed by atoms with van der Waals surface area (Å²) in [6, 6.07) is 7.52. The molecule has 0 saturated heterocycles. The van der Waals surface area contributed by atoms with Gasteiger partial charge in [0, 0.05) is 11.3 Å². The molecule has 0 bridgehead atoms. The lowest BCUT2D eigenvalue weighted by atomic mass is 10.1. The zero-order valence-electron chi connectivity index (χ0n) is 9.12. The molecular weight excluding hydrogens is 220 g/mol. The number of nitrogens with one attached hydrogen (secondary N) is 1. The lowest BCUT2D eigenvalue weighted by molar-refractivity contribution is -0.384. The van der Waals surface area contributed by atoms with Crippen LogP contribution in [-0.2, 0) is 0 Å². The Morgan fingerprint density at radius 1 is 1.47 bits per heavy atom. The minimum absolute atomic E-state index is 0.0470. The first-order valence-electron chi connectivity index (χ1n) is 5.26. The fraction of sp³-hybridized carbons (Fsp3) is 0.182. The van der Waals surface area contributed by atoms with Crippen molar-refractivity contribution in [3.05, 3.63) is 40.6 Å². The van der Waals surface area contributed by atoms with Crippen molar-refractivity contribution in [2.75, 3.05) is 5.32 Å². The molecule has 6 nitrogen and oxygen atoms in total. The van der Waals surface area contributed by atoms with Crippen molar-refractivity contribution in [1.29, 1.82) is 0 Å². The molecule has 2 aromatic rings.